The van der Waals surface area contributed by atoms with Crippen molar-refractivity contribution in [3.63, 3.8) is 0 Å². The van der Waals surface area contributed by atoms with Gasteiger partial charge in [-0.1, -0.05) is 30.3 Å². The molecule has 7 heteroatoms. The van der Waals surface area contributed by atoms with Crippen LogP contribution in [0.4, 0.5) is 0 Å². The van der Waals surface area contributed by atoms with Gasteiger partial charge < -0.3 is 19.7 Å². The molecule has 0 aliphatic carbocycles. The van der Waals surface area contributed by atoms with Crippen LogP contribution in [0.25, 0.3) is 0 Å². The van der Waals surface area contributed by atoms with Crippen LogP contribution < -0.4 is 14.8 Å². The summed E-state index contributed by atoms with van der Waals surface area (Å²) in [5, 5.41) is 3.06. The first-order valence-corrected chi connectivity index (χ1v) is 10.8. The van der Waals surface area contributed by atoms with E-state index in [2.05, 4.69) is 10.3 Å². The molecule has 4 rings (SSSR count). The second kappa shape index (κ2) is 9.73. The zero-order valence-electron chi connectivity index (χ0n) is 18.9. The van der Waals surface area contributed by atoms with Crippen molar-refractivity contribution in [2.75, 3.05) is 27.8 Å². The van der Waals surface area contributed by atoms with E-state index in [9.17, 15) is 9.59 Å². The van der Waals surface area contributed by atoms with Crippen molar-refractivity contribution >= 4 is 11.8 Å². The van der Waals surface area contributed by atoms with Gasteiger partial charge in [0, 0.05) is 37.5 Å². The third-order valence-corrected chi connectivity index (χ3v) is 6.02. The topological polar surface area (TPSA) is 80.8 Å². The van der Waals surface area contributed by atoms with E-state index in [1.54, 1.807) is 44.5 Å². The second-order valence-corrected chi connectivity index (χ2v) is 7.90. The summed E-state index contributed by atoms with van der Waals surface area (Å²) in [5.74, 6) is 0.290. The van der Waals surface area contributed by atoms with Gasteiger partial charge >= 0.3 is 0 Å². The number of aromatic nitrogens is 1. The highest BCUT2D eigenvalue weighted by atomic mass is 16.5. The van der Waals surface area contributed by atoms with E-state index in [0.29, 0.717) is 30.0 Å². The molecule has 1 N–H and O–H groups in total. The maximum absolute atomic E-state index is 13.5. The van der Waals surface area contributed by atoms with Crippen molar-refractivity contribution in [1.82, 2.24) is 15.2 Å². The molecule has 2 heterocycles. The van der Waals surface area contributed by atoms with Gasteiger partial charge in [0.25, 0.3) is 5.91 Å². The number of likely N-dealkylation sites (N-methyl/N-ethyl adjacent to an activating group) is 1. The van der Waals surface area contributed by atoms with Crippen LogP contribution in [0.2, 0.25) is 0 Å². The maximum atomic E-state index is 13.5. The monoisotopic (exact) mass is 445 g/mol. The molecule has 170 valence electrons. The lowest BCUT2D eigenvalue weighted by atomic mass is 9.79. The van der Waals surface area contributed by atoms with Gasteiger partial charge in [-0.15, -0.1) is 0 Å². The number of nitrogens with zero attached hydrogens (tertiary/aromatic N) is 2. The Hall–Kier alpha value is -3.87. The first kappa shape index (κ1) is 22.3. The molecule has 1 aliphatic rings. The van der Waals surface area contributed by atoms with Crippen molar-refractivity contribution in [1.29, 1.82) is 0 Å². The summed E-state index contributed by atoms with van der Waals surface area (Å²) in [4.78, 5) is 32.7. The average Bonchev–Trinajstić information content (AvgIpc) is 2.86. The molecule has 2 amide bonds. The molecule has 2 aromatic carbocycles. The van der Waals surface area contributed by atoms with Crippen molar-refractivity contribution < 1.29 is 19.1 Å². The van der Waals surface area contributed by atoms with Crippen LogP contribution in [0.15, 0.2) is 66.9 Å². The number of pyridine rings is 1. The van der Waals surface area contributed by atoms with Crippen molar-refractivity contribution in [3.05, 3.63) is 89.2 Å². The molecule has 0 unspecified atom stereocenters. The predicted molar refractivity (Wildman–Crippen MR) is 125 cm³/mol. The summed E-state index contributed by atoms with van der Waals surface area (Å²) in [6.45, 7) is 0.449. The van der Waals surface area contributed by atoms with Crippen LogP contribution in [0.3, 0.4) is 0 Å². The van der Waals surface area contributed by atoms with Gasteiger partial charge in [0.05, 0.1) is 26.2 Å². The van der Waals surface area contributed by atoms with Crippen LogP contribution >= 0.6 is 0 Å². The quantitative estimate of drug-likeness (QED) is 0.603. The fourth-order valence-corrected chi connectivity index (χ4v) is 4.38. The minimum atomic E-state index is -0.578. The molecule has 0 spiro atoms. The standard InChI is InChI=1S/C26H27N3O4/c1-29-24(17-11-12-21(32-2)22(16-17)33-3)23(19-9-4-5-10-20(19)26(29)31)25(30)28-15-13-18-8-6-7-14-27-18/h4-12,14,16,23-24H,13,15H2,1-3H3,(H,28,30)/t23-,24-/m1/s1. The number of hydrogen-bond acceptors (Lipinski definition) is 5. The van der Waals surface area contributed by atoms with E-state index in [1.165, 1.54) is 0 Å². The van der Waals surface area contributed by atoms with Gasteiger partial charge in [0.2, 0.25) is 5.91 Å². The number of nitrogens with one attached hydrogen (secondary N) is 1. The molecule has 0 saturated carbocycles. The van der Waals surface area contributed by atoms with E-state index < -0.39 is 12.0 Å². The smallest absolute Gasteiger partial charge is 0.254 e. The van der Waals surface area contributed by atoms with Crippen molar-refractivity contribution in [2.45, 2.75) is 18.4 Å². The molecule has 1 aliphatic heterocycles. The van der Waals surface area contributed by atoms with Gasteiger partial charge in [0.15, 0.2) is 11.5 Å². The van der Waals surface area contributed by atoms with E-state index in [-0.39, 0.29) is 11.8 Å². The maximum Gasteiger partial charge on any atom is 0.254 e. The number of amides is 2. The average molecular weight is 446 g/mol. The van der Waals surface area contributed by atoms with E-state index in [0.717, 1.165) is 16.8 Å². The van der Waals surface area contributed by atoms with Gasteiger partial charge in [-0.05, 0) is 41.5 Å². The highest BCUT2D eigenvalue weighted by Gasteiger charge is 2.42. The number of fused-ring (bicyclic) bond motifs is 1. The van der Waals surface area contributed by atoms with E-state index in [1.807, 2.05) is 48.5 Å². The zero-order chi connectivity index (χ0) is 23.4. The summed E-state index contributed by atoms with van der Waals surface area (Å²) in [6.07, 6.45) is 2.36. The zero-order valence-corrected chi connectivity index (χ0v) is 18.9. The number of ether oxygens (including phenoxy) is 2. The summed E-state index contributed by atoms with van der Waals surface area (Å²) in [5.41, 5.74) is 2.96. The van der Waals surface area contributed by atoms with Crippen LogP contribution in [-0.4, -0.2) is 49.5 Å². The summed E-state index contributed by atoms with van der Waals surface area (Å²) >= 11 is 0. The summed E-state index contributed by atoms with van der Waals surface area (Å²) < 4.78 is 10.8. The first-order chi connectivity index (χ1) is 16.0. The normalized spacial score (nSPS) is 17.3. The van der Waals surface area contributed by atoms with Crippen molar-refractivity contribution in [3.8, 4) is 11.5 Å². The fraction of sp³-hybridized carbons (Fsp3) is 0.269. The lowest BCUT2D eigenvalue weighted by molar-refractivity contribution is -0.124. The third-order valence-electron chi connectivity index (χ3n) is 6.02. The van der Waals surface area contributed by atoms with Crippen LogP contribution in [0.1, 0.15) is 39.1 Å². The number of carbonyl (C=O) groups is 2. The summed E-state index contributed by atoms with van der Waals surface area (Å²) in [6, 6.07) is 18.0. The Balaban J connectivity index is 1.69. The van der Waals surface area contributed by atoms with Crippen molar-refractivity contribution in [2.24, 2.45) is 0 Å². The molecule has 0 saturated heterocycles. The minimum absolute atomic E-state index is 0.122. The number of hydrogen-bond donors (Lipinski definition) is 1. The SMILES string of the molecule is COc1ccc([C@@H]2[C@H](C(=O)NCCc3ccccn3)c3ccccc3C(=O)N2C)cc1OC. The molecular weight excluding hydrogens is 418 g/mol. The number of benzene rings is 2. The predicted octanol–water partition coefficient (Wildman–Crippen LogP) is 3.37. The molecular formula is C26H27N3O4. The Bertz CT molecular complexity index is 1150. The number of carbonyl (C=O) groups excluding carboxylic acids is 2. The van der Waals surface area contributed by atoms with Crippen LogP contribution in [-0.2, 0) is 11.2 Å². The molecule has 0 bridgehead atoms. The largest absolute Gasteiger partial charge is 0.493 e. The Morgan fingerprint density at radius 2 is 1.79 bits per heavy atom. The Labute approximate surface area is 193 Å². The molecule has 1 aromatic heterocycles. The van der Waals surface area contributed by atoms with Crippen LogP contribution in [0, 0.1) is 0 Å². The molecule has 0 radical (unpaired) electrons. The molecule has 7 nitrogen and oxygen atoms in total. The molecule has 3 aromatic rings. The summed E-state index contributed by atoms with van der Waals surface area (Å²) in [7, 11) is 4.87. The van der Waals surface area contributed by atoms with E-state index >= 15 is 0 Å². The Morgan fingerprint density at radius 3 is 2.52 bits per heavy atom. The van der Waals surface area contributed by atoms with Gasteiger partial charge in [-0.25, -0.2) is 0 Å². The number of rotatable bonds is 7. The minimum Gasteiger partial charge on any atom is -0.493 e. The lowest BCUT2D eigenvalue weighted by Gasteiger charge is -2.40. The number of methoxy groups -OCH3 is 2. The molecule has 0 fully saturated rings. The third kappa shape index (κ3) is 4.39. The fourth-order valence-electron chi connectivity index (χ4n) is 4.38. The lowest BCUT2D eigenvalue weighted by Crippen LogP contribution is -2.46. The first-order valence-electron chi connectivity index (χ1n) is 10.8. The highest BCUT2D eigenvalue weighted by molar-refractivity contribution is 6.01. The van der Waals surface area contributed by atoms with Gasteiger partial charge in [0.1, 0.15) is 0 Å². The van der Waals surface area contributed by atoms with Gasteiger partial charge in [-0.2, -0.15) is 0 Å². The van der Waals surface area contributed by atoms with Crippen LogP contribution in [0.5, 0.6) is 11.5 Å². The van der Waals surface area contributed by atoms with Gasteiger partial charge in [-0.3, -0.25) is 14.6 Å². The Kier molecular flexibility index (Phi) is 6.58. The second-order valence-electron chi connectivity index (χ2n) is 7.90. The Morgan fingerprint density at radius 1 is 1.03 bits per heavy atom. The molecule has 33 heavy (non-hydrogen) atoms. The molecule has 2 atom stereocenters. The van der Waals surface area contributed by atoms with E-state index in [4.69, 9.17) is 9.47 Å². The highest BCUT2D eigenvalue weighted by Crippen LogP contribution is 2.43.